The summed E-state index contributed by atoms with van der Waals surface area (Å²) in [5.74, 6) is 0.885. The molecule has 7 heteroatoms. The first-order valence-corrected chi connectivity index (χ1v) is 5.85. The second kappa shape index (κ2) is 5.74. The molecule has 0 aromatic carbocycles. The quantitative estimate of drug-likeness (QED) is 0.763. The van der Waals surface area contributed by atoms with E-state index in [1.807, 2.05) is 20.2 Å². The molecule has 0 saturated heterocycles. The van der Waals surface area contributed by atoms with E-state index in [0.29, 0.717) is 24.9 Å². The average Bonchev–Trinajstić information content (AvgIpc) is 2.98. The standard InChI is InChI=1S/C11H17N5O2/c1-3-4-17-7-9-14-11(18-15-9)10(12)8-5-13-16(2)6-8/h5-6,10H,3-4,7,12H2,1-2H3. The number of nitrogens with zero attached hydrogens (tertiary/aromatic N) is 4. The van der Waals surface area contributed by atoms with Crippen molar-refractivity contribution in [2.45, 2.75) is 26.0 Å². The van der Waals surface area contributed by atoms with Crippen molar-refractivity contribution < 1.29 is 9.26 Å². The van der Waals surface area contributed by atoms with Gasteiger partial charge < -0.3 is 15.0 Å². The summed E-state index contributed by atoms with van der Waals surface area (Å²) in [5.41, 5.74) is 6.84. The molecule has 0 fully saturated rings. The smallest absolute Gasteiger partial charge is 0.248 e. The van der Waals surface area contributed by atoms with Crippen LogP contribution in [0.1, 0.15) is 36.7 Å². The second-order valence-electron chi connectivity index (χ2n) is 4.03. The summed E-state index contributed by atoms with van der Waals surface area (Å²) in [6.45, 7) is 3.07. The third-order valence-corrected chi connectivity index (χ3v) is 2.41. The van der Waals surface area contributed by atoms with Crippen molar-refractivity contribution in [3.63, 3.8) is 0 Å². The molecule has 0 aliphatic heterocycles. The minimum absolute atomic E-state index is 0.344. The van der Waals surface area contributed by atoms with Crippen LogP contribution in [0.5, 0.6) is 0 Å². The van der Waals surface area contributed by atoms with Gasteiger partial charge >= 0.3 is 0 Å². The minimum atomic E-state index is -0.453. The highest BCUT2D eigenvalue weighted by atomic mass is 16.5. The molecular weight excluding hydrogens is 234 g/mol. The summed E-state index contributed by atoms with van der Waals surface area (Å²) in [4.78, 5) is 4.20. The van der Waals surface area contributed by atoms with Crippen molar-refractivity contribution in [3.8, 4) is 0 Å². The highest BCUT2D eigenvalue weighted by Gasteiger charge is 2.18. The van der Waals surface area contributed by atoms with Gasteiger partial charge in [-0.05, 0) is 6.42 Å². The van der Waals surface area contributed by atoms with Gasteiger partial charge in [-0.3, -0.25) is 4.68 Å². The van der Waals surface area contributed by atoms with E-state index in [1.165, 1.54) is 0 Å². The number of hydrogen-bond acceptors (Lipinski definition) is 6. The summed E-state index contributed by atoms with van der Waals surface area (Å²) < 4.78 is 12.1. The van der Waals surface area contributed by atoms with E-state index in [2.05, 4.69) is 15.2 Å². The van der Waals surface area contributed by atoms with Crippen LogP contribution in [0.15, 0.2) is 16.9 Å². The van der Waals surface area contributed by atoms with E-state index in [9.17, 15) is 0 Å². The lowest BCUT2D eigenvalue weighted by Gasteiger charge is -2.01. The zero-order chi connectivity index (χ0) is 13.0. The van der Waals surface area contributed by atoms with Gasteiger partial charge in [0.1, 0.15) is 12.6 Å². The molecule has 2 aromatic rings. The maximum atomic E-state index is 6.01. The van der Waals surface area contributed by atoms with Gasteiger partial charge in [0.05, 0.1) is 6.20 Å². The molecule has 0 radical (unpaired) electrons. The van der Waals surface area contributed by atoms with Gasteiger partial charge in [-0.25, -0.2) is 0 Å². The molecule has 0 saturated carbocycles. The Balaban J connectivity index is 2.00. The maximum absolute atomic E-state index is 6.01. The maximum Gasteiger partial charge on any atom is 0.248 e. The Morgan fingerprint density at radius 2 is 2.39 bits per heavy atom. The topological polar surface area (TPSA) is 92.0 Å². The zero-order valence-corrected chi connectivity index (χ0v) is 10.5. The van der Waals surface area contributed by atoms with Gasteiger partial charge in [-0.15, -0.1) is 0 Å². The predicted octanol–water partition coefficient (Wildman–Crippen LogP) is 0.778. The van der Waals surface area contributed by atoms with Crippen molar-refractivity contribution in [2.75, 3.05) is 6.61 Å². The van der Waals surface area contributed by atoms with Crippen molar-refractivity contribution in [3.05, 3.63) is 29.7 Å². The third-order valence-electron chi connectivity index (χ3n) is 2.41. The van der Waals surface area contributed by atoms with Gasteiger partial charge in [0, 0.05) is 25.4 Å². The van der Waals surface area contributed by atoms with E-state index in [0.717, 1.165) is 12.0 Å². The Bertz CT molecular complexity index is 493. The molecule has 0 spiro atoms. The molecule has 7 nitrogen and oxygen atoms in total. The molecule has 0 aliphatic carbocycles. The van der Waals surface area contributed by atoms with Crippen molar-refractivity contribution in [1.82, 2.24) is 19.9 Å². The van der Waals surface area contributed by atoms with Crippen LogP contribution >= 0.6 is 0 Å². The van der Waals surface area contributed by atoms with E-state index in [-0.39, 0.29) is 0 Å². The third kappa shape index (κ3) is 2.93. The van der Waals surface area contributed by atoms with Crippen LogP contribution in [0.4, 0.5) is 0 Å². The lowest BCUT2D eigenvalue weighted by molar-refractivity contribution is 0.114. The van der Waals surface area contributed by atoms with Crippen LogP contribution in [0.3, 0.4) is 0 Å². The number of aromatic nitrogens is 4. The van der Waals surface area contributed by atoms with Gasteiger partial charge in [0.25, 0.3) is 0 Å². The van der Waals surface area contributed by atoms with E-state index >= 15 is 0 Å². The molecule has 0 amide bonds. The van der Waals surface area contributed by atoms with Gasteiger partial charge in [0.15, 0.2) is 5.82 Å². The molecule has 2 aromatic heterocycles. The molecule has 1 atom stereocenters. The molecule has 98 valence electrons. The van der Waals surface area contributed by atoms with Gasteiger partial charge in [0.2, 0.25) is 5.89 Å². The number of rotatable bonds is 6. The Hall–Kier alpha value is -1.73. The lowest BCUT2D eigenvalue weighted by Crippen LogP contribution is -2.11. The summed E-state index contributed by atoms with van der Waals surface area (Å²) in [7, 11) is 1.83. The molecule has 2 rings (SSSR count). The number of ether oxygens (including phenoxy) is 1. The second-order valence-corrected chi connectivity index (χ2v) is 4.03. The molecular formula is C11H17N5O2. The lowest BCUT2D eigenvalue weighted by atomic mass is 10.2. The Morgan fingerprint density at radius 1 is 1.56 bits per heavy atom. The first-order valence-electron chi connectivity index (χ1n) is 5.85. The first kappa shape index (κ1) is 12.7. The van der Waals surface area contributed by atoms with Crippen LogP contribution in [0.25, 0.3) is 0 Å². The normalized spacial score (nSPS) is 12.8. The average molecular weight is 251 g/mol. The fraction of sp³-hybridized carbons (Fsp3) is 0.545. The largest absolute Gasteiger partial charge is 0.373 e. The van der Waals surface area contributed by atoms with E-state index < -0.39 is 6.04 Å². The summed E-state index contributed by atoms with van der Waals surface area (Å²) in [5, 5.41) is 7.88. The predicted molar refractivity (Wildman–Crippen MR) is 63.5 cm³/mol. The highest BCUT2D eigenvalue weighted by Crippen LogP contribution is 2.16. The summed E-state index contributed by atoms with van der Waals surface area (Å²) in [6.07, 6.45) is 4.46. The molecule has 0 aliphatic rings. The molecule has 1 unspecified atom stereocenters. The Morgan fingerprint density at radius 3 is 3.06 bits per heavy atom. The summed E-state index contributed by atoms with van der Waals surface area (Å²) in [6, 6.07) is -0.453. The number of nitrogens with two attached hydrogens (primary N) is 1. The fourth-order valence-electron chi connectivity index (χ4n) is 1.50. The molecule has 18 heavy (non-hydrogen) atoms. The highest BCUT2D eigenvalue weighted by molar-refractivity contribution is 5.16. The zero-order valence-electron chi connectivity index (χ0n) is 10.5. The monoisotopic (exact) mass is 251 g/mol. The first-order chi connectivity index (χ1) is 8.70. The molecule has 2 N–H and O–H groups in total. The Labute approximate surface area is 105 Å². The van der Waals surface area contributed by atoms with Gasteiger partial charge in [-0.2, -0.15) is 10.1 Å². The van der Waals surface area contributed by atoms with Crippen LogP contribution in [-0.2, 0) is 18.4 Å². The van der Waals surface area contributed by atoms with Crippen LogP contribution in [0, 0.1) is 0 Å². The van der Waals surface area contributed by atoms with Crippen molar-refractivity contribution in [2.24, 2.45) is 12.8 Å². The van der Waals surface area contributed by atoms with Crippen molar-refractivity contribution in [1.29, 1.82) is 0 Å². The number of aryl methyl sites for hydroxylation is 1. The van der Waals surface area contributed by atoms with Gasteiger partial charge in [-0.1, -0.05) is 12.1 Å². The van der Waals surface area contributed by atoms with E-state index in [1.54, 1.807) is 10.9 Å². The van der Waals surface area contributed by atoms with Crippen molar-refractivity contribution >= 4 is 0 Å². The molecule has 0 bridgehead atoms. The van der Waals surface area contributed by atoms with Crippen LogP contribution < -0.4 is 5.73 Å². The SMILES string of the molecule is CCCOCc1noc(C(N)c2cnn(C)c2)n1. The van der Waals surface area contributed by atoms with Crippen LogP contribution in [0.2, 0.25) is 0 Å². The van der Waals surface area contributed by atoms with E-state index in [4.69, 9.17) is 15.0 Å². The number of hydrogen-bond donors (Lipinski definition) is 1. The van der Waals surface area contributed by atoms with Crippen LogP contribution in [-0.4, -0.2) is 26.5 Å². The fourth-order valence-corrected chi connectivity index (χ4v) is 1.50. The summed E-state index contributed by atoms with van der Waals surface area (Å²) >= 11 is 0. The Kier molecular flexibility index (Phi) is 4.06. The minimum Gasteiger partial charge on any atom is -0.373 e. The molecule has 2 heterocycles.